The Labute approximate surface area is 80.9 Å². The van der Waals surface area contributed by atoms with E-state index < -0.39 is 10.3 Å². The molecule has 0 aliphatic carbocycles. The summed E-state index contributed by atoms with van der Waals surface area (Å²) in [5.74, 6) is 0.507. The normalized spacial score (nSPS) is 12.8. The van der Waals surface area contributed by atoms with Crippen molar-refractivity contribution in [3.8, 4) is 0 Å². The minimum absolute atomic E-state index is 0.218. The van der Waals surface area contributed by atoms with Crippen LogP contribution in [-0.2, 0) is 14.5 Å². The molecule has 0 heterocycles. The fraction of sp³-hybridized carbons (Fsp3) is 1.00. The third kappa shape index (κ3) is 8.21. The lowest BCUT2D eigenvalue weighted by Crippen LogP contribution is -2.30. The molecule has 0 aliphatic heterocycles. The van der Waals surface area contributed by atoms with Gasteiger partial charge in [-0.3, -0.25) is 4.18 Å². The Balaban J connectivity index is 3.81. The predicted molar refractivity (Wildman–Crippen MR) is 52.6 cm³/mol. The summed E-state index contributed by atoms with van der Waals surface area (Å²) in [6, 6.07) is 0. The minimum atomic E-state index is -3.52. The zero-order chi connectivity index (χ0) is 10.5. The molecule has 0 saturated heterocycles. The zero-order valence-electron chi connectivity index (χ0n) is 8.70. The lowest BCUT2D eigenvalue weighted by molar-refractivity contribution is 0.269. The summed E-state index contributed by atoms with van der Waals surface area (Å²) in [4.78, 5) is 0. The average molecular weight is 209 g/mol. The van der Waals surface area contributed by atoms with Gasteiger partial charge in [0.2, 0.25) is 0 Å². The van der Waals surface area contributed by atoms with Crippen LogP contribution in [0.1, 0.15) is 27.7 Å². The van der Waals surface area contributed by atoms with Gasteiger partial charge in [-0.15, -0.1) is 0 Å². The molecule has 13 heavy (non-hydrogen) atoms. The van der Waals surface area contributed by atoms with Crippen LogP contribution in [0.25, 0.3) is 0 Å². The quantitative estimate of drug-likeness (QED) is 0.714. The third-order valence-electron chi connectivity index (χ3n) is 1.22. The molecule has 0 saturated carbocycles. The molecule has 0 atom stereocenters. The predicted octanol–water partition coefficient (Wildman–Crippen LogP) is 1.15. The Kier molecular flexibility index (Phi) is 5.51. The Hall–Kier alpha value is -0.130. The maximum Gasteiger partial charge on any atom is 0.335 e. The van der Waals surface area contributed by atoms with Gasteiger partial charge in [0.1, 0.15) is 0 Å². The average Bonchev–Trinajstić information content (AvgIpc) is 1.98. The van der Waals surface area contributed by atoms with Gasteiger partial charge in [-0.05, 0) is 11.8 Å². The SMILES string of the molecule is CC(C)CNS(=O)(=O)OCC(C)C. The van der Waals surface area contributed by atoms with Gasteiger partial charge in [0, 0.05) is 6.54 Å². The maximum absolute atomic E-state index is 11.1. The van der Waals surface area contributed by atoms with Crippen LogP contribution in [0.3, 0.4) is 0 Å². The van der Waals surface area contributed by atoms with Crippen LogP contribution < -0.4 is 4.72 Å². The van der Waals surface area contributed by atoms with Crippen LogP contribution in [0, 0.1) is 11.8 Å². The number of rotatable bonds is 6. The molecule has 0 radical (unpaired) electrons. The first-order valence-electron chi connectivity index (χ1n) is 4.47. The van der Waals surface area contributed by atoms with E-state index in [4.69, 9.17) is 4.18 Å². The molecular formula is C8H19NO3S. The summed E-state index contributed by atoms with van der Waals surface area (Å²) in [5, 5.41) is 0. The van der Waals surface area contributed by atoms with Crippen molar-refractivity contribution in [3.05, 3.63) is 0 Å². The van der Waals surface area contributed by atoms with E-state index in [9.17, 15) is 8.42 Å². The van der Waals surface area contributed by atoms with E-state index in [1.54, 1.807) is 0 Å². The lowest BCUT2D eigenvalue weighted by atomic mass is 10.2. The van der Waals surface area contributed by atoms with Crippen molar-refractivity contribution in [1.29, 1.82) is 0 Å². The van der Waals surface area contributed by atoms with Crippen molar-refractivity contribution < 1.29 is 12.6 Å². The summed E-state index contributed by atoms with van der Waals surface area (Å²) in [6.07, 6.45) is 0. The van der Waals surface area contributed by atoms with Crippen LogP contribution in [0.4, 0.5) is 0 Å². The molecule has 0 amide bonds. The second kappa shape index (κ2) is 5.57. The number of nitrogens with one attached hydrogen (secondary N) is 1. The van der Waals surface area contributed by atoms with Gasteiger partial charge in [-0.25, -0.2) is 0 Å². The van der Waals surface area contributed by atoms with Crippen LogP contribution in [0.5, 0.6) is 0 Å². The molecule has 1 N–H and O–H groups in total. The topological polar surface area (TPSA) is 55.4 Å². The molecule has 0 bridgehead atoms. The molecule has 5 heteroatoms. The smallest absolute Gasteiger partial charge is 0.258 e. The van der Waals surface area contributed by atoms with E-state index in [1.165, 1.54) is 0 Å². The van der Waals surface area contributed by atoms with Gasteiger partial charge in [-0.2, -0.15) is 13.1 Å². The van der Waals surface area contributed by atoms with E-state index in [2.05, 4.69) is 4.72 Å². The number of hydrogen-bond acceptors (Lipinski definition) is 3. The second-order valence-corrected chi connectivity index (χ2v) is 5.31. The van der Waals surface area contributed by atoms with Crippen LogP contribution in [0.2, 0.25) is 0 Å². The van der Waals surface area contributed by atoms with Gasteiger partial charge in [0.25, 0.3) is 0 Å². The number of hydrogen-bond donors (Lipinski definition) is 1. The molecule has 0 fully saturated rings. The largest absolute Gasteiger partial charge is 0.335 e. The van der Waals surface area contributed by atoms with Crippen LogP contribution in [-0.4, -0.2) is 21.6 Å². The summed E-state index contributed by atoms with van der Waals surface area (Å²) in [7, 11) is -3.52. The summed E-state index contributed by atoms with van der Waals surface area (Å²) in [5.41, 5.74) is 0. The first-order valence-corrected chi connectivity index (χ1v) is 5.88. The van der Waals surface area contributed by atoms with E-state index in [1.807, 2.05) is 27.7 Å². The lowest BCUT2D eigenvalue weighted by Gasteiger charge is -2.09. The summed E-state index contributed by atoms with van der Waals surface area (Å²) in [6.45, 7) is 8.32. The molecule has 0 spiro atoms. The standard InChI is InChI=1S/C8H19NO3S/c1-7(2)5-9-13(10,11)12-6-8(3)4/h7-9H,5-6H2,1-4H3. The Morgan fingerprint density at radius 3 is 2.08 bits per heavy atom. The Morgan fingerprint density at radius 2 is 1.69 bits per heavy atom. The van der Waals surface area contributed by atoms with Gasteiger partial charge < -0.3 is 0 Å². The molecule has 0 unspecified atom stereocenters. The molecule has 0 aromatic rings. The molecule has 0 aliphatic rings. The van der Waals surface area contributed by atoms with E-state index >= 15 is 0 Å². The highest BCUT2D eigenvalue weighted by Crippen LogP contribution is 1.98. The van der Waals surface area contributed by atoms with Crippen molar-refractivity contribution in [3.63, 3.8) is 0 Å². The van der Waals surface area contributed by atoms with Gasteiger partial charge in [0.05, 0.1) is 6.61 Å². The molecule has 4 nitrogen and oxygen atoms in total. The first kappa shape index (κ1) is 12.9. The Bertz CT molecular complexity index is 204. The van der Waals surface area contributed by atoms with Crippen LogP contribution >= 0.6 is 0 Å². The molecule has 80 valence electrons. The van der Waals surface area contributed by atoms with E-state index in [0.29, 0.717) is 6.54 Å². The van der Waals surface area contributed by atoms with Gasteiger partial charge in [0.15, 0.2) is 0 Å². The monoisotopic (exact) mass is 209 g/mol. The zero-order valence-corrected chi connectivity index (χ0v) is 9.52. The highest BCUT2D eigenvalue weighted by Gasteiger charge is 2.11. The Morgan fingerprint density at radius 1 is 1.15 bits per heavy atom. The van der Waals surface area contributed by atoms with Gasteiger partial charge >= 0.3 is 10.3 Å². The van der Waals surface area contributed by atoms with Gasteiger partial charge in [-0.1, -0.05) is 27.7 Å². The molecule has 0 aromatic carbocycles. The maximum atomic E-state index is 11.1. The summed E-state index contributed by atoms with van der Waals surface area (Å²) < 4.78 is 29.3. The highest BCUT2D eigenvalue weighted by molar-refractivity contribution is 7.84. The minimum Gasteiger partial charge on any atom is -0.258 e. The van der Waals surface area contributed by atoms with Crippen LogP contribution in [0.15, 0.2) is 0 Å². The highest BCUT2D eigenvalue weighted by atomic mass is 32.2. The van der Waals surface area contributed by atoms with E-state index in [-0.39, 0.29) is 18.4 Å². The fourth-order valence-corrected chi connectivity index (χ4v) is 1.61. The third-order valence-corrected chi connectivity index (χ3v) is 2.19. The van der Waals surface area contributed by atoms with Crippen molar-refractivity contribution in [2.45, 2.75) is 27.7 Å². The summed E-state index contributed by atoms with van der Waals surface area (Å²) >= 11 is 0. The van der Waals surface area contributed by atoms with Crippen molar-refractivity contribution in [1.82, 2.24) is 4.72 Å². The second-order valence-electron chi connectivity index (χ2n) is 3.87. The first-order chi connectivity index (χ1) is 5.83. The molecular weight excluding hydrogens is 190 g/mol. The van der Waals surface area contributed by atoms with Crippen molar-refractivity contribution >= 4 is 10.3 Å². The fourth-order valence-electron chi connectivity index (χ4n) is 0.536. The van der Waals surface area contributed by atoms with E-state index in [0.717, 1.165) is 0 Å². The molecule has 0 aromatic heterocycles. The molecule has 0 rings (SSSR count). The van der Waals surface area contributed by atoms with Crippen molar-refractivity contribution in [2.24, 2.45) is 11.8 Å². The van der Waals surface area contributed by atoms with Crippen molar-refractivity contribution in [2.75, 3.05) is 13.2 Å².